The molecule has 5 heteroatoms. The molecule has 0 aliphatic carbocycles. The number of anilines is 1. The van der Waals surface area contributed by atoms with Gasteiger partial charge < -0.3 is 5.32 Å². The Morgan fingerprint density at radius 3 is 2.58 bits per heavy atom. The summed E-state index contributed by atoms with van der Waals surface area (Å²) in [5, 5.41) is 2.90. The van der Waals surface area contributed by atoms with Crippen molar-refractivity contribution in [2.24, 2.45) is 0 Å². The highest BCUT2D eigenvalue weighted by Gasteiger charge is 2.08. The fourth-order valence-corrected chi connectivity index (χ4v) is 3.21. The Morgan fingerprint density at radius 2 is 1.88 bits per heavy atom. The molecule has 24 heavy (non-hydrogen) atoms. The lowest BCUT2D eigenvalue weighted by Gasteiger charge is -2.07. The van der Waals surface area contributed by atoms with Gasteiger partial charge in [-0.2, -0.15) is 0 Å². The molecule has 2 aromatic rings. The predicted octanol–water partition coefficient (Wildman–Crippen LogP) is 5.55. The quantitative estimate of drug-likeness (QED) is 0.462. The number of rotatable bonds is 8. The van der Waals surface area contributed by atoms with E-state index in [4.69, 9.17) is 0 Å². The zero-order chi connectivity index (χ0) is 17.4. The van der Waals surface area contributed by atoms with Crippen molar-refractivity contribution in [3.8, 4) is 0 Å². The van der Waals surface area contributed by atoms with E-state index in [1.54, 1.807) is 0 Å². The number of halogens is 1. The molecule has 3 nitrogen and oxygen atoms in total. The van der Waals surface area contributed by atoms with Gasteiger partial charge in [0.05, 0.1) is 5.75 Å². The molecule has 1 N–H and O–H groups in total. The van der Waals surface area contributed by atoms with Gasteiger partial charge in [0.2, 0.25) is 5.91 Å². The Morgan fingerprint density at radius 1 is 1.12 bits per heavy atom. The van der Waals surface area contributed by atoms with Crippen LogP contribution in [0.1, 0.15) is 36.5 Å². The molecule has 0 heterocycles. The van der Waals surface area contributed by atoms with Crippen molar-refractivity contribution in [3.05, 3.63) is 58.6 Å². The molecule has 0 unspecified atom stereocenters. The van der Waals surface area contributed by atoms with E-state index < -0.39 is 0 Å². The monoisotopic (exact) mass is 405 g/mol. The lowest BCUT2D eigenvalue weighted by Crippen LogP contribution is -2.10. The molecule has 0 bridgehead atoms. The predicted molar refractivity (Wildman–Crippen MR) is 104 cm³/mol. The molecule has 0 fully saturated rings. The number of unbranched alkanes of at least 4 members (excludes halogenated alkanes) is 1. The van der Waals surface area contributed by atoms with Gasteiger partial charge in [-0.1, -0.05) is 47.5 Å². The van der Waals surface area contributed by atoms with Crippen molar-refractivity contribution in [2.45, 2.75) is 31.1 Å². The van der Waals surface area contributed by atoms with Crippen LogP contribution in [0.15, 0.2) is 57.9 Å². The third-order valence-corrected chi connectivity index (χ3v) is 4.93. The second-order valence-electron chi connectivity index (χ2n) is 5.40. The summed E-state index contributed by atoms with van der Waals surface area (Å²) in [6, 6.07) is 15.0. The van der Waals surface area contributed by atoms with Gasteiger partial charge in [-0.3, -0.25) is 9.59 Å². The highest BCUT2D eigenvalue weighted by molar-refractivity contribution is 9.10. The Balaban J connectivity index is 1.90. The summed E-state index contributed by atoms with van der Waals surface area (Å²) >= 11 is 4.84. The zero-order valence-electron chi connectivity index (χ0n) is 13.5. The van der Waals surface area contributed by atoms with Gasteiger partial charge in [-0.25, -0.2) is 0 Å². The molecule has 0 aliphatic heterocycles. The molecule has 0 atom stereocenters. The van der Waals surface area contributed by atoms with Crippen molar-refractivity contribution >= 4 is 45.1 Å². The van der Waals surface area contributed by atoms with Crippen molar-refractivity contribution in [2.75, 3.05) is 11.1 Å². The number of Topliss-reactive ketones (excluding diaryl/α,β-unsaturated/α-hetero) is 1. The van der Waals surface area contributed by atoms with Crippen LogP contribution >= 0.6 is 27.7 Å². The maximum atomic E-state index is 12.2. The third kappa shape index (κ3) is 6.13. The number of carbonyl (C=O) groups excluding carboxylic acids is 2. The third-order valence-electron chi connectivity index (χ3n) is 3.41. The summed E-state index contributed by atoms with van der Waals surface area (Å²) in [6.45, 7) is 2.06. The van der Waals surface area contributed by atoms with Crippen molar-refractivity contribution in [1.29, 1.82) is 0 Å². The average molecular weight is 406 g/mol. The highest BCUT2D eigenvalue weighted by atomic mass is 79.9. The number of benzene rings is 2. The summed E-state index contributed by atoms with van der Waals surface area (Å²) in [5.41, 5.74) is 1.48. The van der Waals surface area contributed by atoms with Gasteiger partial charge in [-0.15, -0.1) is 11.8 Å². The SMILES string of the molecule is CCCCC(=O)Nc1cccc(SCC(=O)c2ccc(Br)cc2)c1. The fourth-order valence-electron chi connectivity index (χ4n) is 2.09. The van der Waals surface area contributed by atoms with E-state index in [9.17, 15) is 9.59 Å². The maximum Gasteiger partial charge on any atom is 0.224 e. The molecular formula is C19H20BrNO2S. The number of carbonyl (C=O) groups is 2. The number of hydrogen-bond donors (Lipinski definition) is 1. The lowest BCUT2D eigenvalue weighted by atomic mass is 10.2. The topological polar surface area (TPSA) is 46.2 Å². The Kier molecular flexibility index (Phi) is 7.53. The van der Waals surface area contributed by atoms with Crippen LogP contribution in [0.5, 0.6) is 0 Å². The van der Waals surface area contributed by atoms with Crippen LogP contribution in [-0.4, -0.2) is 17.4 Å². The van der Waals surface area contributed by atoms with Crippen LogP contribution in [-0.2, 0) is 4.79 Å². The van der Waals surface area contributed by atoms with Crippen molar-refractivity contribution in [3.63, 3.8) is 0 Å². The maximum absolute atomic E-state index is 12.2. The Bertz CT molecular complexity index is 701. The first-order valence-electron chi connectivity index (χ1n) is 7.90. The summed E-state index contributed by atoms with van der Waals surface area (Å²) in [5.74, 6) is 0.490. The van der Waals surface area contributed by atoms with Gasteiger partial charge in [0.25, 0.3) is 0 Å². The van der Waals surface area contributed by atoms with Gasteiger partial charge in [0.15, 0.2) is 5.78 Å². The molecule has 0 aromatic heterocycles. The van der Waals surface area contributed by atoms with E-state index in [1.165, 1.54) is 11.8 Å². The summed E-state index contributed by atoms with van der Waals surface area (Å²) in [4.78, 5) is 25.0. The number of hydrogen-bond acceptors (Lipinski definition) is 3. The first-order valence-corrected chi connectivity index (χ1v) is 9.68. The molecule has 2 rings (SSSR count). The lowest BCUT2D eigenvalue weighted by molar-refractivity contribution is -0.116. The molecule has 2 aromatic carbocycles. The minimum Gasteiger partial charge on any atom is -0.326 e. The molecule has 0 radical (unpaired) electrons. The number of nitrogens with one attached hydrogen (secondary N) is 1. The van der Waals surface area contributed by atoms with Crippen LogP contribution in [0.2, 0.25) is 0 Å². The summed E-state index contributed by atoms with van der Waals surface area (Å²) in [7, 11) is 0. The van der Waals surface area contributed by atoms with Crippen LogP contribution in [0, 0.1) is 0 Å². The molecule has 0 spiro atoms. The second-order valence-corrected chi connectivity index (χ2v) is 7.36. The van der Waals surface area contributed by atoms with Gasteiger partial charge in [0, 0.05) is 27.0 Å². The van der Waals surface area contributed by atoms with Gasteiger partial charge >= 0.3 is 0 Å². The number of thioether (sulfide) groups is 1. The van der Waals surface area contributed by atoms with Crippen molar-refractivity contribution < 1.29 is 9.59 Å². The van der Waals surface area contributed by atoms with E-state index in [0.717, 1.165) is 27.9 Å². The van der Waals surface area contributed by atoms with Crippen LogP contribution in [0.25, 0.3) is 0 Å². The van der Waals surface area contributed by atoms with E-state index in [-0.39, 0.29) is 11.7 Å². The number of ketones is 1. The minimum absolute atomic E-state index is 0.0324. The van der Waals surface area contributed by atoms with E-state index in [2.05, 4.69) is 28.2 Å². The van der Waals surface area contributed by atoms with Crippen LogP contribution in [0.3, 0.4) is 0 Å². The smallest absolute Gasteiger partial charge is 0.224 e. The molecule has 0 saturated heterocycles. The van der Waals surface area contributed by atoms with Crippen LogP contribution < -0.4 is 5.32 Å². The fraction of sp³-hybridized carbons (Fsp3) is 0.263. The molecular weight excluding hydrogens is 386 g/mol. The largest absolute Gasteiger partial charge is 0.326 e. The summed E-state index contributed by atoms with van der Waals surface area (Å²) < 4.78 is 0.957. The first kappa shape index (κ1) is 18.7. The molecule has 0 aliphatic rings. The van der Waals surface area contributed by atoms with E-state index in [0.29, 0.717) is 17.7 Å². The normalized spacial score (nSPS) is 10.4. The van der Waals surface area contributed by atoms with Gasteiger partial charge in [-0.05, 0) is 36.8 Å². The first-order chi connectivity index (χ1) is 11.6. The van der Waals surface area contributed by atoms with E-state index in [1.807, 2.05) is 48.5 Å². The molecule has 0 saturated carbocycles. The highest BCUT2D eigenvalue weighted by Crippen LogP contribution is 2.23. The van der Waals surface area contributed by atoms with Crippen molar-refractivity contribution in [1.82, 2.24) is 0 Å². The standard InChI is InChI=1S/C19H20BrNO2S/c1-2-3-7-19(23)21-16-5-4-6-17(12-16)24-13-18(22)14-8-10-15(20)11-9-14/h4-6,8-12H,2-3,7,13H2,1H3,(H,21,23). The molecule has 1 amide bonds. The summed E-state index contributed by atoms with van der Waals surface area (Å²) in [6.07, 6.45) is 2.43. The Labute approximate surface area is 155 Å². The Hall–Kier alpha value is -1.59. The van der Waals surface area contributed by atoms with Gasteiger partial charge in [0.1, 0.15) is 0 Å². The zero-order valence-corrected chi connectivity index (χ0v) is 16.0. The second kappa shape index (κ2) is 9.64. The number of amides is 1. The van der Waals surface area contributed by atoms with E-state index >= 15 is 0 Å². The average Bonchev–Trinajstić information content (AvgIpc) is 2.59. The molecule has 126 valence electrons. The van der Waals surface area contributed by atoms with Crippen LogP contribution in [0.4, 0.5) is 5.69 Å². The minimum atomic E-state index is 0.0324.